The van der Waals surface area contributed by atoms with Crippen molar-refractivity contribution in [2.45, 2.75) is 39.2 Å². The second-order valence-electron chi connectivity index (χ2n) is 6.25. The summed E-state index contributed by atoms with van der Waals surface area (Å²) in [6.45, 7) is 3.96. The topological polar surface area (TPSA) is 41.1 Å². The molecule has 0 radical (unpaired) electrons. The number of fused-ring (bicyclic) bond motifs is 2. The van der Waals surface area contributed by atoms with Crippen LogP contribution in [-0.2, 0) is 11.3 Å². The average molecular weight is 272 g/mol. The lowest BCUT2D eigenvalue weighted by molar-refractivity contribution is -0.121. The van der Waals surface area contributed by atoms with E-state index in [0.717, 1.165) is 31.1 Å². The highest BCUT2D eigenvalue weighted by molar-refractivity contribution is 5.93. The summed E-state index contributed by atoms with van der Waals surface area (Å²) in [6, 6.07) is 8.19. The first-order valence-electron chi connectivity index (χ1n) is 7.86. The highest BCUT2D eigenvalue weighted by atomic mass is 16.1. The zero-order valence-electron chi connectivity index (χ0n) is 12.2. The minimum atomic E-state index is 0.233. The molecule has 0 aliphatic heterocycles. The molecule has 1 aromatic rings. The monoisotopic (exact) mass is 272 g/mol. The number of nitrogens with one attached hydrogen (secondary N) is 2. The molecule has 3 atom stereocenters. The van der Waals surface area contributed by atoms with Crippen LogP contribution in [0.15, 0.2) is 24.3 Å². The number of amides is 1. The van der Waals surface area contributed by atoms with E-state index in [1.165, 1.54) is 24.8 Å². The van der Waals surface area contributed by atoms with Gasteiger partial charge in [-0.25, -0.2) is 0 Å². The van der Waals surface area contributed by atoms with Gasteiger partial charge in [0.2, 0.25) is 5.91 Å². The fourth-order valence-corrected chi connectivity index (χ4v) is 3.78. The van der Waals surface area contributed by atoms with Crippen molar-refractivity contribution >= 4 is 11.6 Å². The molecule has 20 heavy (non-hydrogen) atoms. The lowest BCUT2D eigenvalue weighted by Crippen LogP contribution is -2.27. The SMILES string of the molecule is CCNCc1ccc(NC(=O)C2CC3CCC2C3)cc1. The molecule has 2 N–H and O–H groups in total. The summed E-state index contributed by atoms with van der Waals surface area (Å²) in [6.07, 6.45) is 4.98. The Morgan fingerprint density at radius 2 is 2.00 bits per heavy atom. The number of rotatable bonds is 5. The lowest BCUT2D eigenvalue weighted by Gasteiger charge is -2.20. The first-order valence-corrected chi connectivity index (χ1v) is 7.86. The van der Waals surface area contributed by atoms with E-state index in [4.69, 9.17) is 0 Å². The molecule has 3 unspecified atom stereocenters. The Hall–Kier alpha value is -1.35. The Morgan fingerprint density at radius 1 is 1.20 bits per heavy atom. The van der Waals surface area contributed by atoms with Gasteiger partial charge in [-0.1, -0.05) is 25.5 Å². The van der Waals surface area contributed by atoms with E-state index in [0.29, 0.717) is 5.92 Å². The van der Waals surface area contributed by atoms with Crippen molar-refractivity contribution in [1.82, 2.24) is 5.32 Å². The molecule has 0 saturated heterocycles. The fourth-order valence-electron chi connectivity index (χ4n) is 3.78. The minimum absolute atomic E-state index is 0.233. The molecular weight excluding hydrogens is 248 g/mol. The van der Waals surface area contributed by atoms with Gasteiger partial charge in [-0.3, -0.25) is 4.79 Å². The Morgan fingerprint density at radius 3 is 2.60 bits per heavy atom. The van der Waals surface area contributed by atoms with Gasteiger partial charge in [0.15, 0.2) is 0 Å². The maximum absolute atomic E-state index is 12.3. The number of hydrogen-bond donors (Lipinski definition) is 2. The van der Waals surface area contributed by atoms with Crippen molar-refractivity contribution in [2.75, 3.05) is 11.9 Å². The highest BCUT2D eigenvalue weighted by Gasteiger charge is 2.42. The van der Waals surface area contributed by atoms with Gasteiger partial charge in [0, 0.05) is 18.2 Å². The maximum Gasteiger partial charge on any atom is 0.227 e. The normalized spacial score (nSPS) is 27.8. The van der Waals surface area contributed by atoms with Gasteiger partial charge >= 0.3 is 0 Å². The van der Waals surface area contributed by atoms with Crippen molar-refractivity contribution in [3.8, 4) is 0 Å². The van der Waals surface area contributed by atoms with E-state index >= 15 is 0 Å². The molecule has 108 valence electrons. The highest BCUT2D eigenvalue weighted by Crippen LogP contribution is 2.48. The fraction of sp³-hybridized carbons (Fsp3) is 0.588. The third kappa shape index (κ3) is 2.88. The average Bonchev–Trinajstić information content (AvgIpc) is 3.09. The van der Waals surface area contributed by atoms with Crippen LogP contribution in [0.1, 0.15) is 38.2 Å². The molecule has 2 aliphatic rings. The van der Waals surface area contributed by atoms with E-state index in [1.54, 1.807) is 0 Å². The van der Waals surface area contributed by atoms with Crippen molar-refractivity contribution in [3.05, 3.63) is 29.8 Å². The van der Waals surface area contributed by atoms with Gasteiger partial charge in [-0.15, -0.1) is 0 Å². The number of carbonyl (C=O) groups is 1. The van der Waals surface area contributed by atoms with Crippen LogP contribution < -0.4 is 10.6 Å². The van der Waals surface area contributed by atoms with Crippen molar-refractivity contribution < 1.29 is 4.79 Å². The third-order valence-corrected chi connectivity index (χ3v) is 4.88. The molecule has 3 nitrogen and oxygen atoms in total. The number of benzene rings is 1. The predicted octanol–water partition coefficient (Wildman–Crippen LogP) is 3.17. The Bertz CT molecular complexity index is 468. The number of carbonyl (C=O) groups excluding carboxylic acids is 1. The van der Waals surface area contributed by atoms with Crippen LogP contribution in [-0.4, -0.2) is 12.5 Å². The smallest absolute Gasteiger partial charge is 0.227 e. The molecule has 1 amide bonds. The molecule has 2 bridgehead atoms. The molecule has 0 heterocycles. The van der Waals surface area contributed by atoms with Crippen LogP contribution >= 0.6 is 0 Å². The van der Waals surface area contributed by atoms with Gasteiger partial charge in [0.1, 0.15) is 0 Å². The second-order valence-corrected chi connectivity index (χ2v) is 6.25. The third-order valence-electron chi connectivity index (χ3n) is 4.88. The Balaban J connectivity index is 1.56. The van der Waals surface area contributed by atoms with Crippen LogP contribution in [0.25, 0.3) is 0 Å². The van der Waals surface area contributed by atoms with Gasteiger partial charge in [0.05, 0.1) is 0 Å². The first kappa shape index (κ1) is 13.6. The number of anilines is 1. The van der Waals surface area contributed by atoms with Crippen molar-refractivity contribution in [3.63, 3.8) is 0 Å². The molecule has 0 spiro atoms. The van der Waals surface area contributed by atoms with Gasteiger partial charge in [-0.05, 0) is 55.3 Å². The Kier molecular flexibility index (Phi) is 4.06. The quantitative estimate of drug-likeness (QED) is 0.864. The zero-order valence-corrected chi connectivity index (χ0v) is 12.2. The molecule has 2 aliphatic carbocycles. The molecule has 2 saturated carbocycles. The first-order chi connectivity index (χ1) is 9.76. The predicted molar refractivity (Wildman–Crippen MR) is 81.4 cm³/mol. The minimum Gasteiger partial charge on any atom is -0.326 e. The van der Waals surface area contributed by atoms with E-state index in [9.17, 15) is 4.79 Å². The van der Waals surface area contributed by atoms with E-state index in [1.807, 2.05) is 12.1 Å². The van der Waals surface area contributed by atoms with Crippen LogP contribution in [0, 0.1) is 17.8 Å². The summed E-state index contributed by atoms with van der Waals surface area (Å²) in [5.41, 5.74) is 2.18. The summed E-state index contributed by atoms with van der Waals surface area (Å²) < 4.78 is 0. The summed E-state index contributed by atoms with van der Waals surface area (Å²) >= 11 is 0. The summed E-state index contributed by atoms with van der Waals surface area (Å²) in [7, 11) is 0. The van der Waals surface area contributed by atoms with Crippen LogP contribution in [0.3, 0.4) is 0 Å². The Labute approximate surface area is 121 Å². The summed E-state index contributed by atoms with van der Waals surface area (Å²) in [5, 5.41) is 6.39. The molecule has 3 rings (SSSR count). The van der Waals surface area contributed by atoms with Crippen LogP contribution in [0.4, 0.5) is 5.69 Å². The summed E-state index contributed by atoms with van der Waals surface area (Å²) in [4.78, 5) is 12.3. The largest absolute Gasteiger partial charge is 0.326 e. The van der Waals surface area contributed by atoms with Crippen molar-refractivity contribution in [1.29, 1.82) is 0 Å². The standard InChI is InChI=1S/C17H24N2O/c1-2-18-11-12-4-7-15(8-5-12)19-17(20)16-10-13-3-6-14(16)9-13/h4-5,7-8,13-14,16,18H,2-3,6,9-11H2,1H3,(H,19,20). The van der Waals surface area contributed by atoms with E-state index < -0.39 is 0 Å². The van der Waals surface area contributed by atoms with Gasteiger partial charge in [-0.2, -0.15) is 0 Å². The van der Waals surface area contributed by atoms with Crippen LogP contribution in [0.5, 0.6) is 0 Å². The number of hydrogen-bond acceptors (Lipinski definition) is 2. The molecular formula is C17H24N2O. The molecule has 2 fully saturated rings. The second kappa shape index (κ2) is 5.96. The molecule has 1 aromatic carbocycles. The molecule has 3 heteroatoms. The van der Waals surface area contributed by atoms with Gasteiger partial charge in [0.25, 0.3) is 0 Å². The molecule has 0 aromatic heterocycles. The van der Waals surface area contributed by atoms with E-state index in [-0.39, 0.29) is 11.8 Å². The lowest BCUT2D eigenvalue weighted by atomic mass is 9.88. The van der Waals surface area contributed by atoms with Gasteiger partial charge < -0.3 is 10.6 Å². The summed E-state index contributed by atoms with van der Waals surface area (Å²) in [5.74, 6) is 1.96. The van der Waals surface area contributed by atoms with Crippen molar-refractivity contribution in [2.24, 2.45) is 17.8 Å². The van der Waals surface area contributed by atoms with E-state index in [2.05, 4.69) is 29.7 Å². The van der Waals surface area contributed by atoms with Crippen LogP contribution in [0.2, 0.25) is 0 Å². The maximum atomic E-state index is 12.3. The zero-order chi connectivity index (χ0) is 13.9.